The zero-order chi connectivity index (χ0) is 18.0. The normalized spacial score (nSPS) is 11.2. The van der Waals surface area contributed by atoms with Gasteiger partial charge in [0.25, 0.3) is 15.9 Å². The number of oxazole rings is 1. The predicted molar refractivity (Wildman–Crippen MR) is 89.4 cm³/mol. The van der Waals surface area contributed by atoms with E-state index in [9.17, 15) is 18.3 Å². The van der Waals surface area contributed by atoms with Crippen LogP contribution in [0.3, 0.4) is 0 Å². The lowest BCUT2D eigenvalue weighted by molar-refractivity contribution is 0.0997. The number of nitrogens with zero attached hydrogens (tertiary/aromatic N) is 1. The number of sulfonamides is 1. The fourth-order valence-electron chi connectivity index (χ4n) is 2.18. The van der Waals surface area contributed by atoms with Gasteiger partial charge in [-0.1, -0.05) is 6.07 Å². The molecular weight excluding hydrogens is 346 g/mol. The Kier molecular flexibility index (Phi) is 4.15. The Morgan fingerprint density at radius 2 is 2.00 bits per heavy atom. The van der Waals surface area contributed by atoms with Crippen LogP contribution in [-0.4, -0.2) is 24.4 Å². The van der Waals surface area contributed by atoms with Crippen LogP contribution in [0, 0.1) is 0 Å². The Hall–Kier alpha value is -3.33. The summed E-state index contributed by atoms with van der Waals surface area (Å²) in [5, 5.41) is 9.57. The molecule has 25 heavy (non-hydrogen) atoms. The van der Waals surface area contributed by atoms with E-state index in [2.05, 4.69) is 9.71 Å². The van der Waals surface area contributed by atoms with Gasteiger partial charge in [0.05, 0.1) is 16.7 Å². The summed E-state index contributed by atoms with van der Waals surface area (Å²) < 4.78 is 32.6. The van der Waals surface area contributed by atoms with Gasteiger partial charge in [-0.3, -0.25) is 9.52 Å². The van der Waals surface area contributed by atoms with Crippen LogP contribution in [0.1, 0.15) is 10.4 Å². The van der Waals surface area contributed by atoms with Crippen molar-refractivity contribution in [3.05, 3.63) is 60.5 Å². The molecular formula is C16H13N3O5S. The molecule has 0 atom stereocenters. The Bertz CT molecular complexity index is 1030. The molecule has 0 unspecified atom stereocenters. The summed E-state index contributed by atoms with van der Waals surface area (Å²) in [6.07, 6.45) is 2.89. The molecule has 1 aromatic heterocycles. The smallest absolute Gasteiger partial charge is 0.261 e. The number of phenols is 1. The van der Waals surface area contributed by atoms with E-state index in [4.69, 9.17) is 10.2 Å². The number of aromatic nitrogens is 1. The molecule has 2 aromatic carbocycles. The molecule has 4 N–H and O–H groups in total. The van der Waals surface area contributed by atoms with Gasteiger partial charge in [-0.05, 0) is 36.4 Å². The second-order valence-corrected chi connectivity index (χ2v) is 6.75. The molecule has 0 aliphatic carbocycles. The summed E-state index contributed by atoms with van der Waals surface area (Å²) in [4.78, 5) is 15.1. The molecule has 9 heteroatoms. The van der Waals surface area contributed by atoms with E-state index in [1.54, 1.807) is 24.3 Å². The maximum absolute atomic E-state index is 12.5. The van der Waals surface area contributed by atoms with Crippen molar-refractivity contribution in [2.24, 2.45) is 5.73 Å². The number of carbonyl (C=O) groups excluding carboxylic acids is 1. The highest BCUT2D eigenvalue weighted by Crippen LogP contribution is 2.25. The number of nitrogens with one attached hydrogen (secondary N) is 1. The van der Waals surface area contributed by atoms with Crippen LogP contribution in [0.4, 0.5) is 5.69 Å². The number of primary amides is 1. The lowest BCUT2D eigenvalue weighted by atomic mass is 10.2. The maximum Gasteiger partial charge on any atom is 0.261 e. The van der Waals surface area contributed by atoms with Crippen molar-refractivity contribution in [3.8, 4) is 17.2 Å². The SMILES string of the molecule is NC(=O)c1cc(S(=O)(=O)Nc2cccc(-c3ncco3)c2)ccc1O. The Morgan fingerprint density at radius 1 is 1.20 bits per heavy atom. The third kappa shape index (κ3) is 3.45. The highest BCUT2D eigenvalue weighted by molar-refractivity contribution is 7.92. The molecule has 1 heterocycles. The standard InChI is InChI=1S/C16H13N3O5S/c17-15(21)13-9-12(4-5-14(13)20)25(22,23)19-11-3-1-2-10(8-11)16-18-6-7-24-16/h1-9,19-20H,(H2,17,21). The molecule has 0 fully saturated rings. The summed E-state index contributed by atoms with van der Waals surface area (Å²) in [5.74, 6) is -0.973. The first-order valence-corrected chi connectivity index (χ1v) is 8.51. The molecule has 0 aliphatic rings. The van der Waals surface area contributed by atoms with Crippen LogP contribution in [0.5, 0.6) is 5.75 Å². The average molecular weight is 359 g/mol. The molecule has 3 rings (SSSR count). The Balaban J connectivity index is 1.93. The molecule has 0 saturated heterocycles. The molecule has 8 nitrogen and oxygen atoms in total. The van der Waals surface area contributed by atoms with Gasteiger partial charge in [-0.15, -0.1) is 0 Å². The summed E-state index contributed by atoms with van der Waals surface area (Å²) in [5.41, 5.74) is 5.71. The van der Waals surface area contributed by atoms with Gasteiger partial charge in [-0.25, -0.2) is 13.4 Å². The van der Waals surface area contributed by atoms with Gasteiger partial charge in [0.2, 0.25) is 5.89 Å². The van der Waals surface area contributed by atoms with Crippen molar-refractivity contribution in [1.82, 2.24) is 4.98 Å². The number of rotatable bonds is 5. The number of hydrogen-bond acceptors (Lipinski definition) is 6. The van der Waals surface area contributed by atoms with Gasteiger partial charge >= 0.3 is 0 Å². The lowest BCUT2D eigenvalue weighted by Gasteiger charge is -2.10. The Labute approximate surface area is 143 Å². The number of hydrogen-bond donors (Lipinski definition) is 3. The second kappa shape index (κ2) is 6.29. The van der Waals surface area contributed by atoms with Crippen LogP contribution >= 0.6 is 0 Å². The molecule has 0 saturated carbocycles. The molecule has 0 spiro atoms. The van der Waals surface area contributed by atoms with Gasteiger partial charge in [-0.2, -0.15) is 0 Å². The first-order valence-electron chi connectivity index (χ1n) is 7.02. The molecule has 128 valence electrons. The molecule has 0 bridgehead atoms. The predicted octanol–water partition coefficient (Wildman–Crippen LogP) is 1.95. The highest BCUT2D eigenvalue weighted by Gasteiger charge is 2.18. The van der Waals surface area contributed by atoms with Gasteiger partial charge in [0, 0.05) is 11.3 Å². The first kappa shape index (κ1) is 16.5. The van der Waals surface area contributed by atoms with E-state index in [1.165, 1.54) is 18.5 Å². The number of carbonyl (C=O) groups is 1. The number of aromatic hydroxyl groups is 1. The summed E-state index contributed by atoms with van der Waals surface area (Å²) in [6.45, 7) is 0. The molecule has 3 aromatic rings. The Morgan fingerprint density at radius 3 is 2.68 bits per heavy atom. The minimum absolute atomic E-state index is 0.208. The molecule has 0 radical (unpaired) electrons. The van der Waals surface area contributed by atoms with E-state index >= 15 is 0 Å². The topological polar surface area (TPSA) is 136 Å². The van der Waals surface area contributed by atoms with Crippen molar-refractivity contribution in [2.45, 2.75) is 4.90 Å². The monoisotopic (exact) mass is 359 g/mol. The third-order valence-electron chi connectivity index (χ3n) is 3.34. The van der Waals surface area contributed by atoms with Crippen LogP contribution in [0.15, 0.2) is 64.2 Å². The number of benzene rings is 2. The minimum Gasteiger partial charge on any atom is -0.507 e. The number of anilines is 1. The minimum atomic E-state index is -3.99. The zero-order valence-electron chi connectivity index (χ0n) is 12.7. The van der Waals surface area contributed by atoms with Crippen molar-refractivity contribution in [2.75, 3.05) is 4.72 Å². The largest absolute Gasteiger partial charge is 0.507 e. The highest BCUT2D eigenvalue weighted by atomic mass is 32.2. The van der Waals surface area contributed by atoms with Crippen LogP contribution in [0.2, 0.25) is 0 Å². The van der Waals surface area contributed by atoms with Crippen LogP contribution in [0.25, 0.3) is 11.5 Å². The lowest BCUT2D eigenvalue weighted by Crippen LogP contribution is -2.16. The van der Waals surface area contributed by atoms with E-state index < -0.39 is 21.7 Å². The van der Waals surface area contributed by atoms with Gasteiger partial charge in [0.1, 0.15) is 12.0 Å². The number of nitrogens with two attached hydrogens (primary N) is 1. The average Bonchev–Trinajstić information content (AvgIpc) is 3.09. The van der Waals surface area contributed by atoms with E-state index in [1.807, 2.05) is 0 Å². The second-order valence-electron chi connectivity index (χ2n) is 5.07. The molecule has 0 aliphatic heterocycles. The quantitative estimate of drug-likeness (QED) is 0.637. The zero-order valence-corrected chi connectivity index (χ0v) is 13.5. The van der Waals surface area contributed by atoms with Crippen molar-refractivity contribution in [3.63, 3.8) is 0 Å². The van der Waals surface area contributed by atoms with Crippen molar-refractivity contribution >= 4 is 21.6 Å². The van der Waals surface area contributed by atoms with E-state index in [-0.39, 0.29) is 16.1 Å². The fourth-order valence-corrected chi connectivity index (χ4v) is 3.25. The van der Waals surface area contributed by atoms with Crippen molar-refractivity contribution < 1.29 is 22.7 Å². The molecule has 1 amide bonds. The van der Waals surface area contributed by atoms with E-state index in [0.717, 1.165) is 12.1 Å². The fraction of sp³-hybridized carbons (Fsp3) is 0. The maximum atomic E-state index is 12.5. The van der Waals surface area contributed by atoms with Gasteiger partial charge in [0.15, 0.2) is 0 Å². The third-order valence-corrected chi connectivity index (χ3v) is 4.72. The number of amides is 1. The van der Waals surface area contributed by atoms with Crippen LogP contribution in [-0.2, 0) is 10.0 Å². The van der Waals surface area contributed by atoms with Gasteiger partial charge < -0.3 is 15.3 Å². The summed E-state index contributed by atoms with van der Waals surface area (Å²) in [6, 6.07) is 9.74. The first-order chi connectivity index (χ1) is 11.9. The van der Waals surface area contributed by atoms with Crippen molar-refractivity contribution in [1.29, 1.82) is 0 Å². The summed E-state index contributed by atoms with van der Waals surface area (Å²) >= 11 is 0. The van der Waals surface area contributed by atoms with Crippen LogP contribution < -0.4 is 10.5 Å². The summed E-state index contributed by atoms with van der Waals surface area (Å²) in [7, 11) is -3.99. The van der Waals surface area contributed by atoms with E-state index in [0.29, 0.717) is 11.5 Å².